The van der Waals surface area contributed by atoms with Crippen LogP contribution in [0.2, 0.25) is 0 Å². The van der Waals surface area contributed by atoms with E-state index < -0.39 is 0 Å². The Labute approximate surface area is 114 Å². The van der Waals surface area contributed by atoms with Gasteiger partial charge in [-0.15, -0.1) is 0 Å². The van der Waals surface area contributed by atoms with Crippen molar-refractivity contribution in [1.82, 2.24) is 0 Å². The van der Waals surface area contributed by atoms with Gasteiger partial charge in [0.05, 0.1) is 0 Å². The van der Waals surface area contributed by atoms with Gasteiger partial charge in [-0.3, -0.25) is 0 Å². The van der Waals surface area contributed by atoms with E-state index in [-0.39, 0.29) is 12.4 Å². The molecule has 1 nitrogen and oxygen atoms in total. The number of hydrogen-bond donors (Lipinski definition) is 1. The van der Waals surface area contributed by atoms with Crippen LogP contribution in [0, 0.1) is 6.92 Å². The molecule has 0 atom stereocenters. The lowest BCUT2D eigenvalue weighted by atomic mass is 9.93. The predicted molar refractivity (Wildman–Crippen MR) is 70.4 cm³/mol. The van der Waals surface area contributed by atoms with Crippen molar-refractivity contribution in [2.45, 2.75) is 13.3 Å². The van der Waals surface area contributed by atoms with E-state index in [0.29, 0.717) is 0 Å². The summed E-state index contributed by atoms with van der Waals surface area (Å²) >= 11 is 0. The number of nitrogens with one attached hydrogen (secondary N) is 1. The van der Waals surface area contributed by atoms with Crippen molar-refractivity contribution in [2.24, 2.45) is 0 Å². The first kappa shape index (κ1) is 12.8. The van der Waals surface area contributed by atoms with Crippen molar-refractivity contribution in [3.05, 3.63) is 70.8 Å². The molecule has 0 aliphatic carbocycles. The third kappa shape index (κ3) is 2.32. The number of hydrogen-bond acceptors (Lipinski definition) is 0. The van der Waals surface area contributed by atoms with Gasteiger partial charge < -0.3 is 12.4 Å². The molecule has 0 unspecified atom stereocenters. The van der Waals surface area contributed by atoms with E-state index >= 15 is 0 Å². The highest BCUT2D eigenvalue weighted by atomic mass is 35.5. The number of aryl methyl sites for hydroxylation is 1. The molecule has 1 aliphatic rings. The van der Waals surface area contributed by atoms with Crippen LogP contribution < -0.4 is 17.4 Å². The number of benzene rings is 2. The Bertz CT molecular complexity index is 570. The van der Waals surface area contributed by atoms with Crippen LogP contribution in [0.3, 0.4) is 0 Å². The van der Waals surface area contributed by atoms with E-state index in [1.807, 2.05) is 0 Å². The topological polar surface area (TPSA) is 14.0 Å². The van der Waals surface area contributed by atoms with Crippen molar-refractivity contribution < 1.29 is 17.4 Å². The molecular weight excluding hydrogens is 242 g/mol. The van der Waals surface area contributed by atoms with Crippen LogP contribution in [0.5, 0.6) is 0 Å². The minimum atomic E-state index is 0. The zero-order valence-electron chi connectivity index (χ0n) is 10.4. The Morgan fingerprint density at radius 2 is 1.67 bits per heavy atom. The van der Waals surface area contributed by atoms with Gasteiger partial charge in [0.2, 0.25) is 5.71 Å². The molecule has 1 heterocycles. The molecule has 2 aromatic rings. The number of rotatable bonds is 1. The van der Waals surface area contributed by atoms with E-state index in [1.165, 1.54) is 28.0 Å². The standard InChI is InChI=1S/C16H15N.ClH/c1-12-6-8-14(9-7-12)16-15-5-3-2-4-13(15)10-11-17-16;/h2-9H,10-11H2,1H3;1H. The first-order chi connectivity index (χ1) is 8.34. The summed E-state index contributed by atoms with van der Waals surface area (Å²) in [5.41, 5.74) is 6.65. The van der Waals surface area contributed by atoms with Gasteiger partial charge in [0.25, 0.3) is 0 Å². The second-order valence-corrected chi connectivity index (χ2v) is 4.57. The fourth-order valence-electron chi connectivity index (χ4n) is 2.38. The molecule has 0 bridgehead atoms. The van der Waals surface area contributed by atoms with Crippen LogP contribution in [0.15, 0.2) is 48.5 Å². The monoisotopic (exact) mass is 257 g/mol. The van der Waals surface area contributed by atoms with Crippen molar-refractivity contribution in [3.63, 3.8) is 0 Å². The van der Waals surface area contributed by atoms with Gasteiger partial charge in [0.1, 0.15) is 6.54 Å². The zero-order chi connectivity index (χ0) is 11.7. The maximum Gasteiger partial charge on any atom is 0.213 e. The molecule has 0 saturated heterocycles. The first-order valence-corrected chi connectivity index (χ1v) is 6.11. The van der Waals surface area contributed by atoms with Gasteiger partial charge in [-0.1, -0.05) is 35.9 Å². The van der Waals surface area contributed by atoms with E-state index in [2.05, 4.69) is 60.4 Å². The van der Waals surface area contributed by atoms with Gasteiger partial charge in [0, 0.05) is 17.5 Å². The lowest BCUT2D eigenvalue weighted by molar-refractivity contribution is -0.457. The maximum absolute atomic E-state index is 3.53. The highest BCUT2D eigenvalue weighted by molar-refractivity contribution is 6.10. The molecule has 1 aliphatic heterocycles. The minimum absolute atomic E-state index is 0. The van der Waals surface area contributed by atoms with Crippen molar-refractivity contribution >= 4 is 5.71 Å². The molecule has 92 valence electrons. The van der Waals surface area contributed by atoms with Gasteiger partial charge in [0.15, 0.2) is 0 Å². The molecule has 0 amide bonds. The Morgan fingerprint density at radius 1 is 0.944 bits per heavy atom. The molecule has 0 radical (unpaired) electrons. The number of fused-ring (bicyclic) bond motifs is 1. The molecule has 0 saturated carbocycles. The lowest BCUT2D eigenvalue weighted by Crippen LogP contribution is -3.00. The number of halogens is 1. The fraction of sp³-hybridized carbons (Fsp3) is 0.188. The summed E-state index contributed by atoms with van der Waals surface area (Å²) in [6.07, 6.45) is 1.12. The quantitative estimate of drug-likeness (QED) is 0.638. The maximum atomic E-state index is 3.53. The Balaban J connectivity index is 0.00000120. The minimum Gasteiger partial charge on any atom is -1.00 e. The summed E-state index contributed by atoms with van der Waals surface area (Å²) in [5.74, 6) is 0. The Morgan fingerprint density at radius 3 is 2.44 bits per heavy atom. The fourth-order valence-corrected chi connectivity index (χ4v) is 2.38. The van der Waals surface area contributed by atoms with Crippen LogP contribution in [-0.4, -0.2) is 12.3 Å². The van der Waals surface area contributed by atoms with Gasteiger partial charge in [-0.05, 0) is 30.7 Å². The van der Waals surface area contributed by atoms with Crippen molar-refractivity contribution in [1.29, 1.82) is 0 Å². The van der Waals surface area contributed by atoms with Crippen molar-refractivity contribution in [2.75, 3.05) is 6.54 Å². The normalized spacial score (nSPS) is 13.3. The summed E-state index contributed by atoms with van der Waals surface area (Å²) in [7, 11) is 0. The highest BCUT2D eigenvalue weighted by Crippen LogP contribution is 2.15. The predicted octanol–water partition coefficient (Wildman–Crippen LogP) is -1.53. The molecule has 3 rings (SSSR count). The highest BCUT2D eigenvalue weighted by Gasteiger charge is 2.20. The van der Waals surface area contributed by atoms with Crippen LogP contribution in [0.1, 0.15) is 22.3 Å². The molecular formula is C16H16ClN. The summed E-state index contributed by atoms with van der Waals surface area (Å²) < 4.78 is 0. The molecule has 0 fully saturated rings. The largest absolute Gasteiger partial charge is 1.00 e. The molecule has 18 heavy (non-hydrogen) atoms. The molecule has 2 aromatic carbocycles. The van der Waals surface area contributed by atoms with Crippen LogP contribution in [0.25, 0.3) is 0 Å². The third-order valence-electron chi connectivity index (χ3n) is 3.32. The second kappa shape index (κ2) is 5.36. The zero-order valence-corrected chi connectivity index (χ0v) is 11.2. The van der Waals surface area contributed by atoms with Gasteiger partial charge in [-0.25, -0.2) is 4.99 Å². The Kier molecular flexibility index (Phi) is 3.83. The molecule has 1 N–H and O–H groups in total. The Hall–Kier alpha value is -1.60. The summed E-state index contributed by atoms with van der Waals surface area (Å²) in [6, 6.07) is 17.4. The van der Waals surface area contributed by atoms with Crippen LogP contribution in [0.4, 0.5) is 0 Å². The molecule has 2 heteroatoms. The van der Waals surface area contributed by atoms with Gasteiger partial charge in [-0.2, -0.15) is 0 Å². The van der Waals surface area contributed by atoms with Crippen LogP contribution in [-0.2, 0) is 6.42 Å². The van der Waals surface area contributed by atoms with Crippen LogP contribution >= 0.6 is 0 Å². The van der Waals surface area contributed by atoms with Gasteiger partial charge >= 0.3 is 0 Å². The summed E-state index contributed by atoms with van der Waals surface area (Å²) in [4.78, 5) is 3.53. The smallest absolute Gasteiger partial charge is 0.213 e. The summed E-state index contributed by atoms with van der Waals surface area (Å²) in [5, 5.41) is 0. The lowest BCUT2D eigenvalue weighted by Gasteiger charge is -2.11. The van der Waals surface area contributed by atoms with E-state index in [4.69, 9.17) is 0 Å². The molecule has 0 aromatic heterocycles. The van der Waals surface area contributed by atoms with E-state index in [9.17, 15) is 0 Å². The van der Waals surface area contributed by atoms with E-state index in [0.717, 1.165) is 13.0 Å². The first-order valence-electron chi connectivity index (χ1n) is 6.11. The van der Waals surface area contributed by atoms with E-state index in [1.54, 1.807) is 0 Å². The second-order valence-electron chi connectivity index (χ2n) is 4.57. The average molecular weight is 258 g/mol. The molecule has 0 spiro atoms. The van der Waals surface area contributed by atoms with Crippen molar-refractivity contribution in [3.8, 4) is 0 Å². The summed E-state index contributed by atoms with van der Waals surface area (Å²) in [6.45, 7) is 3.15. The SMILES string of the molecule is Cc1ccc(C2=[NH+]CCc3ccccc32)cc1.[Cl-]. The third-order valence-corrected chi connectivity index (χ3v) is 3.32. The average Bonchev–Trinajstić information content (AvgIpc) is 2.39.